The lowest BCUT2D eigenvalue weighted by Crippen LogP contribution is -2.11. The Balaban J connectivity index is 2.57. The van der Waals surface area contributed by atoms with Crippen LogP contribution in [0.4, 0.5) is 11.5 Å². The SMILES string of the molecule is COc1cccc(C(=O)c2c(C)ccnc2N)c1N. The number of nitrogen functional groups attached to an aromatic ring is 2. The van der Waals surface area contributed by atoms with Crippen molar-refractivity contribution >= 4 is 17.3 Å². The van der Waals surface area contributed by atoms with E-state index < -0.39 is 0 Å². The van der Waals surface area contributed by atoms with Crippen LogP contribution in [-0.4, -0.2) is 17.9 Å². The van der Waals surface area contributed by atoms with E-state index in [0.29, 0.717) is 22.6 Å². The topological polar surface area (TPSA) is 91.2 Å². The van der Waals surface area contributed by atoms with Gasteiger partial charge >= 0.3 is 0 Å². The molecule has 0 saturated carbocycles. The first kappa shape index (κ1) is 12.9. The van der Waals surface area contributed by atoms with Crippen molar-refractivity contribution in [2.24, 2.45) is 0 Å². The molecule has 2 rings (SSSR count). The minimum Gasteiger partial charge on any atom is -0.495 e. The number of aryl methyl sites for hydroxylation is 1. The van der Waals surface area contributed by atoms with Gasteiger partial charge in [-0.1, -0.05) is 6.07 Å². The Morgan fingerprint density at radius 3 is 2.63 bits per heavy atom. The Labute approximate surface area is 111 Å². The summed E-state index contributed by atoms with van der Waals surface area (Å²) in [4.78, 5) is 16.5. The average molecular weight is 257 g/mol. The predicted molar refractivity (Wildman–Crippen MR) is 74.2 cm³/mol. The Bertz CT molecular complexity index is 618. The lowest BCUT2D eigenvalue weighted by Gasteiger charge is -2.11. The van der Waals surface area contributed by atoms with E-state index >= 15 is 0 Å². The van der Waals surface area contributed by atoms with E-state index in [2.05, 4.69) is 4.98 Å². The minimum atomic E-state index is -0.250. The average Bonchev–Trinajstić information content (AvgIpc) is 2.38. The van der Waals surface area contributed by atoms with Crippen LogP contribution in [-0.2, 0) is 0 Å². The molecule has 1 heterocycles. The van der Waals surface area contributed by atoms with Crippen molar-refractivity contribution in [3.8, 4) is 5.75 Å². The maximum absolute atomic E-state index is 12.5. The van der Waals surface area contributed by atoms with Crippen LogP contribution in [0, 0.1) is 6.92 Å². The molecule has 0 aliphatic carbocycles. The lowest BCUT2D eigenvalue weighted by molar-refractivity contribution is 0.103. The third kappa shape index (κ3) is 2.22. The van der Waals surface area contributed by atoms with Crippen LogP contribution in [0.15, 0.2) is 30.5 Å². The van der Waals surface area contributed by atoms with Gasteiger partial charge in [-0.3, -0.25) is 4.79 Å². The van der Waals surface area contributed by atoms with Gasteiger partial charge in [0.1, 0.15) is 11.6 Å². The minimum absolute atomic E-state index is 0.201. The van der Waals surface area contributed by atoms with Gasteiger partial charge in [-0.2, -0.15) is 0 Å². The summed E-state index contributed by atoms with van der Waals surface area (Å²) in [7, 11) is 1.50. The van der Waals surface area contributed by atoms with Crippen molar-refractivity contribution < 1.29 is 9.53 Å². The summed E-state index contributed by atoms with van der Waals surface area (Å²) in [6.45, 7) is 1.81. The van der Waals surface area contributed by atoms with Crippen molar-refractivity contribution in [1.82, 2.24) is 4.98 Å². The zero-order valence-corrected chi connectivity index (χ0v) is 10.8. The van der Waals surface area contributed by atoms with E-state index in [9.17, 15) is 4.79 Å². The van der Waals surface area contributed by atoms with Crippen LogP contribution in [0.2, 0.25) is 0 Å². The molecule has 98 valence electrons. The van der Waals surface area contributed by atoms with E-state index in [4.69, 9.17) is 16.2 Å². The van der Waals surface area contributed by atoms with Gasteiger partial charge in [0.2, 0.25) is 0 Å². The number of ketones is 1. The van der Waals surface area contributed by atoms with E-state index in [1.54, 1.807) is 30.5 Å². The van der Waals surface area contributed by atoms with E-state index in [-0.39, 0.29) is 11.6 Å². The number of ether oxygens (including phenoxy) is 1. The summed E-state index contributed by atoms with van der Waals surface area (Å²) in [6, 6.07) is 6.79. The largest absolute Gasteiger partial charge is 0.495 e. The number of hydrogen-bond donors (Lipinski definition) is 2. The Kier molecular flexibility index (Phi) is 3.37. The van der Waals surface area contributed by atoms with E-state index in [1.165, 1.54) is 7.11 Å². The van der Waals surface area contributed by atoms with Crippen LogP contribution < -0.4 is 16.2 Å². The third-order valence-corrected chi connectivity index (χ3v) is 2.95. The number of hydrogen-bond acceptors (Lipinski definition) is 5. The molecule has 1 aromatic heterocycles. The van der Waals surface area contributed by atoms with Gasteiger partial charge in [-0.15, -0.1) is 0 Å². The maximum atomic E-state index is 12.5. The first-order chi connectivity index (χ1) is 9.06. The molecule has 19 heavy (non-hydrogen) atoms. The lowest BCUT2D eigenvalue weighted by atomic mass is 9.98. The second-order valence-electron chi connectivity index (χ2n) is 4.14. The molecule has 0 aliphatic heterocycles. The van der Waals surface area contributed by atoms with E-state index in [1.807, 2.05) is 6.92 Å². The maximum Gasteiger partial charge on any atom is 0.199 e. The van der Waals surface area contributed by atoms with Gasteiger partial charge in [0, 0.05) is 11.8 Å². The first-order valence-electron chi connectivity index (χ1n) is 5.74. The molecule has 2 aromatic rings. The van der Waals surface area contributed by atoms with Crippen LogP contribution in [0.5, 0.6) is 5.75 Å². The summed E-state index contributed by atoms with van der Waals surface area (Å²) >= 11 is 0. The van der Waals surface area contributed by atoms with Crippen molar-refractivity contribution in [2.45, 2.75) is 6.92 Å². The fourth-order valence-electron chi connectivity index (χ4n) is 1.93. The molecular formula is C14H15N3O2. The number of nitrogens with zero attached hydrogens (tertiary/aromatic N) is 1. The molecule has 0 fully saturated rings. The molecule has 1 aromatic carbocycles. The molecule has 0 aliphatic rings. The second-order valence-corrected chi connectivity index (χ2v) is 4.14. The van der Waals surface area contributed by atoms with Crippen molar-refractivity contribution in [2.75, 3.05) is 18.6 Å². The molecule has 5 heteroatoms. The molecule has 0 saturated heterocycles. The summed E-state index contributed by atoms with van der Waals surface area (Å²) in [5, 5.41) is 0. The smallest absolute Gasteiger partial charge is 0.199 e. The molecule has 0 amide bonds. The van der Waals surface area contributed by atoms with Crippen molar-refractivity contribution in [3.05, 3.63) is 47.2 Å². The summed E-state index contributed by atoms with van der Waals surface area (Å²) in [5.41, 5.74) is 13.5. The highest BCUT2D eigenvalue weighted by molar-refractivity contribution is 6.15. The number of methoxy groups -OCH3 is 1. The number of pyridine rings is 1. The molecule has 0 unspecified atom stereocenters. The highest BCUT2D eigenvalue weighted by Gasteiger charge is 2.19. The number of carbonyl (C=O) groups is 1. The predicted octanol–water partition coefficient (Wildman–Crippen LogP) is 1.79. The highest BCUT2D eigenvalue weighted by Crippen LogP contribution is 2.28. The van der Waals surface area contributed by atoms with Gasteiger partial charge in [-0.25, -0.2) is 4.98 Å². The van der Waals surface area contributed by atoms with Crippen LogP contribution in [0.25, 0.3) is 0 Å². The Hall–Kier alpha value is -2.56. The number of rotatable bonds is 3. The molecule has 0 atom stereocenters. The summed E-state index contributed by atoms with van der Waals surface area (Å²) in [5.74, 6) is 0.415. The van der Waals surface area contributed by atoms with Crippen LogP contribution in [0.1, 0.15) is 21.5 Å². The quantitative estimate of drug-likeness (QED) is 0.646. The van der Waals surface area contributed by atoms with Crippen molar-refractivity contribution in [1.29, 1.82) is 0 Å². The summed E-state index contributed by atoms with van der Waals surface area (Å²) < 4.78 is 5.11. The molecule has 0 radical (unpaired) electrons. The number of benzene rings is 1. The monoisotopic (exact) mass is 257 g/mol. The zero-order valence-electron chi connectivity index (χ0n) is 10.8. The van der Waals surface area contributed by atoms with Gasteiger partial charge in [0.05, 0.1) is 18.4 Å². The van der Waals surface area contributed by atoms with Crippen LogP contribution >= 0.6 is 0 Å². The van der Waals surface area contributed by atoms with Crippen molar-refractivity contribution in [3.63, 3.8) is 0 Å². The molecule has 5 nitrogen and oxygen atoms in total. The molecule has 4 N–H and O–H groups in total. The number of anilines is 2. The van der Waals surface area contributed by atoms with Gasteiger partial charge in [0.25, 0.3) is 0 Å². The standard InChI is InChI=1S/C14H15N3O2/c1-8-6-7-17-14(16)11(8)13(18)9-4-3-5-10(19-2)12(9)15/h3-7H,15H2,1-2H3,(H2,16,17). The normalized spacial score (nSPS) is 10.2. The van der Waals surface area contributed by atoms with Gasteiger partial charge in [-0.05, 0) is 30.7 Å². The molecular weight excluding hydrogens is 242 g/mol. The van der Waals surface area contributed by atoms with Crippen LogP contribution in [0.3, 0.4) is 0 Å². The zero-order chi connectivity index (χ0) is 14.0. The van der Waals surface area contributed by atoms with E-state index in [0.717, 1.165) is 5.56 Å². The Morgan fingerprint density at radius 2 is 2.00 bits per heavy atom. The fourth-order valence-corrected chi connectivity index (χ4v) is 1.93. The first-order valence-corrected chi connectivity index (χ1v) is 5.74. The number of nitrogens with two attached hydrogens (primary N) is 2. The van der Waals surface area contributed by atoms with Gasteiger partial charge < -0.3 is 16.2 Å². The fraction of sp³-hybridized carbons (Fsp3) is 0.143. The third-order valence-electron chi connectivity index (χ3n) is 2.95. The molecule has 0 bridgehead atoms. The van der Waals surface area contributed by atoms with Gasteiger partial charge in [0.15, 0.2) is 5.78 Å². The Morgan fingerprint density at radius 1 is 1.26 bits per heavy atom. The number of carbonyl (C=O) groups excluding carboxylic acids is 1. The number of para-hydroxylation sites is 1. The highest BCUT2D eigenvalue weighted by atomic mass is 16.5. The molecule has 0 spiro atoms. The second kappa shape index (κ2) is 4.97. The number of aromatic nitrogens is 1. The summed E-state index contributed by atoms with van der Waals surface area (Å²) in [6.07, 6.45) is 1.57.